The van der Waals surface area contributed by atoms with E-state index in [1.54, 1.807) is 42.5 Å². The van der Waals surface area contributed by atoms with Gasteiger partial charge in [-0.2, -0.15) is 0 Å². The minimum atomic E-state index is -0.438. The maximum atomic E-state index is 12.9. The first-order chi connectivity index (χ1) is 11.0. The summed E-state index contributed by atoms with van der Waals surface area (Å²) in [6.45, 7) is 0. The van der Waals surface area contributed by atoms with E-state index in [0.717, 1.165) is 0 Å². The second kappa shape index (κ2) is 6.14. The van der Waals surface area contributed by atoms with Gasteiger partial charge in [0.05, 0.1) is 11.4 Å². The molecule has 0 fully saturated rings. The number of carbonyl (C=O) groups is 1. The van der Waals surface area contributed by atoms with Gasteiger partial charge in [0.1, 0.15) is 11.6 Å². The predicted octanol–water partition coefficient (Wildman–Crippen LogP) is 4.57. The van der Waals surface area contributed by atoms with E-state index in [0.29, 0.717) is 27.7 Å². The molecular formula is C17H12ClFN2O2. The zero-order valence-electron chi connectivity index (χ0n) is 11.8. The summed E-state index contributed by atoms with van der Waals surface area (Å²) in [7, 11) is 0. The highest BCUT2D eigenvalue weighted by Gasteiger charge is 2.14. The standard InChI is InChI=1S/C17H12ClFN2O2/c18-11-3-6-14(13(20)9-11)21-17(22)16-8-7-15(23-16)10-1-4-12(19)5-2-10/h1-9H,20H2,(H,21,22). The summed E-state index contributed by atoms with van der Waals surface area (Å²) in [5, 5.41) is 3.13. The first kappa shape index (κ1) is 15.1. The maximum Gasteiger partial charge on any atom is 0.291 e. The highest BCUT2D eigenvalue weighted by atomic mass is 35.5. The van der Waals surface area contributed by atoms with Gasteiger partial charge in [-0.3, -0.25) is 4.79 Å². The SMILES string of the molecule is Nc1cc(Cl)ccc1NC(=O)c1ccc(-c2ccc(F)cc2)o1. The molecule has 1 amide bonds. The van der Waals surface area contributed by atoms with Gasteiger partial charge in [-0.05, 0) is 54.6 Å². The third-order valence-corrected chi connectivity index (χ3v) is 3.46. The molecule has 0 saturated heterocycles. The smallest absolute Gasteiger partial charge is 0.291 e. The van der Waals surface area contributed by atoms with Crippen molar-refractivity contribution in [1.82, 2.24) is 0 Å². The zero-order valence-corrected chi connectivity index (χ0v) is 12.6. The Morgan fingerprint density at radius 1 is 1.09 bits per heavy atom. The van der Waals surface area contributed by atoms with Crippen molar-refractivity contribution in [3.8, 4) is 11.3 Å². The molecule has 3 rings (SSSR count). The molecule has 1 heterocycles. The minimum Gasteiger partial charge on any atom is -0.451 e. The Kier molecular flexibility index (Phi) is 4.04. The number of rotatable bonds is 3. The van der Waals surface area contributed by atoms with Crippen LogP contribution in [0.3, 0.4) is 0 Å². The fourth-order valence-electron chi connectivity index (χ4n) is 2.06. The fraction of sp³-hybridized carbons (Fsp3) is 0. The molecule has 0 aliphatic heterocycles. The van der Waals surface area contributed by atoms with Crippen LogP contribution < -0.4 is 11.1 Å². The summed E-state index contributed by atoms with van der Waals surface area (Å²) in [6.07, 6.45) is 0. The van der Waals surface area contributed by atoms with Gasteiger partial charge in [0.2, 0.25) is 0 Å². The molecule has 0 aliphatic carbocycles. The van der Waals surface area contributed by atoms with Gasteiger partial charge >= 0.3 is 0 Å². The molecule has 0 spiro atoms. The van der Waals surface area contributed by atoms with Crippen LogP contribution in [0.5, 0.6) is 0 Å². The molecule has 0 unspecified atom stereocenters. The van der Waals surface area contributed by atoms with Gasteiger partial charge in [-0.15, -0.1) is 0 Å². The Hall–Kier alpha value is -2.79. The van der Waals surface area contributed by atoms with Crippen molar-refractivity contribution in [2.75, 3.05) is 11.1 Å². The number of hydrogen-bond donors (Lipinski definition) is 2. The average Bonchev–Trinajstić information content (AvgIpc) is 3.01. The highest BCUT2D eigenvalue weighted by Crippen LogP contribution is 2.25. The Bertz CT molecular complexity index is 859. The van der Waals surface area contributed by atoms with E-state index in [-0.39, 0.29) is 11.6 Å². The molecule has 3 N–H and O–H groups in total. The average molecular weight is 331 g/mol. The number of carbonyl (C=O) groups excluding carboxylic acids is 1. The second-order valence-electron chi connectivity index (χ2n) is 4.86. The molecule has 1 aromatic heterocycles. The Morgan fingerprint density at radius 2 is 1.83 bits per heavy atom. The van der Waals surface area contributed by atoms with Gasteiger partial charge < -0.3 is 15.5 Å². The summed E-state index contributed by atoms with van der Waals surface area (Å²) in [5.74, 6) is -0.179. The number of nitrogens with two attached hydrogens (primary N) is 1. The van der Waals surface area contributed by atoms with Crippen molar-refractivity contribution in [1.29, 1.82) is 0 Å². The lowest BCUT2D eigenvalue weighted by Gasteiger charge is -2.06. The molecule has 2 aromatic carbocycles. The molecule has 116 valence electrons. The first-order valence-electron chi connectivity index (χ1n) is 6.75. The summed E-state index contributed by atoms with van der Waals surface area (Å²) >= 11 is 5.81. The lowest BCUT2D eigenvalue weighted by atomic mass is 10.2. The van der Waals surface area contributed by atoms with Crippen LogP contribution >= 0.6 is 11.6 Å². The largest absolute Gasteiger partial charge is 0.451 e. The number of nitrogens with one attached hydrogen (secondary N) is 1. The second-order valence-corrected chi connectivity index (χ2v) is 5.29. The van der Waals surface area contributed by atoms with Crippen LogP contribution in [0.2, 0.25) is 5.02 Å². The summed E-state index contributed by atoms with van der Waals surface area (Å²) in [5.41, 5.74) is 7.27. The Labute approximate surface area is 136 Å². The lowest BCUT2D eigenvalue weighted by molar-refractivity contribution is 0.0997. The normalized spacial score (nSPS) is 10.5. The maximum absolute atomic E-state index is 12.9. The molecule has 6 heteroatoms. The predicted molar refractivity (Wildman–Crippen MR) is 87.9 cm³/mol. The van der Waals surface area contributed by atoms with E-state index in [4.69, 9.17) is 21.8 Å². The van der Waals surface area contributed by atoms with Crippen molar-refractivity contribution in [2.24, 2.45) is 0 Å². The van der Waals surface area contributed by atoms with Crippen LogP contribution in [0.15, 0.2) is 59.0 Å². The molecule has 0 bridgehead atoms. The molecule has 0 aliphatic rings. The summed E-state index contributed by atoms with van der Waals surface area (Å²) in [6, 6.07) is 13.8. The van der Waals surface area contributed by atoms with Crippen molar-refractivity contribution >= 4 is 28.9 Å². The van der Waals surface area contributed by atoms with Gasteiger partial charge in [-0.1, -0.05) is 11.6 Å². The Morgan fingerprint density at radius 3 is 2.52 bits per heavy atom. The van der Waals surface area contributed by atoms with Crippen LogP contribution in [0.25, 0.3) is 11.3 Å². The topological polar surface area (TPSA) is 68.3 Å². The van der Waals surface area contributed by atoms with Crippen molar-refractivity contribution in [3.05, 3.63) is 71.2 Å². The minimum absolute atomic E-state index is 0.124. The monoisotopic (exact) mass is 330 g/mol. The van der Waals surface area contributed by atoms with Gasteiger partial charge in [0.25, 0.3) is 5.91 Å². The highest BCUT2D eigenvalue weighted by molar-refractivity contribution is 6.31. The number of nitrogen functional groups attached to an aromatic ring is 1. The fourth-order valence-corrected chi connectivity index (χ4v) is 2.24. The molecule has 0 atom stereocenters. The van der Waals surface area contributed by atoms with E-state index in [1.807, 2.05) is 0 Å². The van der Waals surface area contributed by atoms with Crippen molar-refractivity contribution in [3.63, 3.8) is 0 Å². The molecule has 3 aromatic rings. The molecule has 0 saturated carbocycles. The van der Waals surface area contributed by atoms with Gasteiger partial charge in [0, 0.05) is 10.6 Å². The first-order valence-corrected chi connectivity index (χ1v) is 7.13. The Balaban J connectivity index is 1.79. The molecular weight excluding hydrogens is 319 g/mol. The molecule has 23 heavy (non-hydrogen) atoms. The number of hydrogen-bond acceptors (Lipinski definition) is 3. The van der Waals surface area contributed by atoms with Gasteiger partial charge in [0.15, 0.2) is 5.76 Å². The summed E-state index contributed by atoms with van der Waals surface area (Å²) in [4.78, 5) is 12.2. The zero-order chi connectivity index (χ0) is 16.4. The van der Waals surface area contributed by atoms with E-state index < -0.39 is 5.91 Å². The quantitative estimate of drug-likeness (QED) is 0.691. The van der Waals surface area contributed by atoms with E-state index in [2.05, 4.69) is 5.32 Å². The number of benzene rings is 2. The molecule has 4 nitrogen and oxygen atoms in total. The van der Waals surface area contributed by atoms with Crippen LogP contribution in [0.1, 0.15) is 10.6 Å². The number of anilines is 2. The third kappa shape index (κ3) is 3.35. The number of halogens is 2. The van der Waals surface area contributed by atoms with E-state index in [1.165, 1.54) is 12.1 Å². The number of furan rings is 1. The van der Waals surface area contributed by atoms with E-state index in [9.17, 15) is 9.18 Å². The number of amides is 1. The lowest BCUT2D eigenvalue weighted by Crippen LogP contribution is -2.12. The molecule has 0 radical (unpaired) electrons. The van der Waals surface area contributed by atoms with Gasteiger partial charge in [-0.25, -0.2) is 4.39 Å². The van der Waals surface area contributed by atoms with Crippen molar-refractivity contribution < 1.29 is 13.6 Å². The van der Waals surface area contributed by atoms with Crippen LogP contribution in [-0.4, -0.2) is 5.91 Å². The van der Waals surface area contributed by atoms with Crippen molar-refractivity contribution in [2.45, 2.75) is 0 Å². The van der Waals surface area contributed by atoms with Crippen LogP contribution in [-0.2, 0) is 0 Å². The summed E-state index contributed by atoms with van der Waals surface area (Å²) < 4.78 is 18.4. The van der Waals surface area contributed by atoms with Crippen LogP contribution in [0, 0.1) is 5.82 Å². The van der Waals surface area contributed by atoms with Crippen LogP contribution in [0.4, 0.5) is 15.8 Å². The van der Waals surface area contributed by atoms with E-state index >= 15 is 0 Å². The third-order valence-electron chi connectivity index (χ3n) is 3.22.